The molecule has 0 aliphatic heterocycles. The Bertz CT molecular complexity index is 676. The van der Waals surface area contributed by atoms with Crippen molar-refractivity contribution >= 4 is 5.78 Å². The van der Waals surface area contributed by atoms with Crippen molar-refractivity contribution in [1.82, 2.24) is 0 Å². The summed E-state index contributed by atoms with van der Waals surface area (Å²) in [5.74, 6) is 2.26. The van der Waals surface area contributed by atoms with Crippen LogP contribution in [0.3, 0.4) is 0 Å². The van der Waals surface area contributed by atoms with Crippen LogP contribution in [0.15, 0.2) is 11.1 Å². The van der Waals surface area contributed by atoms with Crippen LogP contribution < -0.4 is 0 Å². The van der Waals surface area contributed by atoms with Gasteiger partial charge in [-0.1, -0.05) is 24.0 Å². The smallest absolute Gasteiger partial charge is 0.242 e. The Morgan fingerprint density at radius 2 is 2.04 bits per heavy atom. The molecule has 0 aromatic heterocycles. The van der Waals surface area contributed by atoms with Gasteiger partial charge >= 0.3 is 0 Å². The molecule has 0 bridgehead atoms. The van der Waals surface area contributed by atoms with E-state index in [0.29, 0.717) is 25.7 Å². The Kier molecular flexibility index (Phi) is 3.89. The number of fused-ring (bicyclic) bond motifs is 4. The van der Waals surface area contributed by atoms with Crippen LogP contribution in [0.4, 0.5) is 8.78 Å². The van der Waals surface area contributed by atoms with Crippen molar-refractivity contribution in [2.75, 3.05) is 0 Å². The van der Waals surface area contributed by atoms with Gasteiger partial charge in [-0.15, -0.1) is 6.42 Å². The third-order valence-corrected chi connectivity index (χ3v) is 7.96. The molecule has 1 N–H and O–H groups in total. The minimum absolute atomic E-state index is 0.130. The largest absolute Gasteiger partial charge is 0.377 e. The van der Waals surface area contributed by atoms with E-state index in [2.05, 4.69) is 5.92 Å². The van der Waals surface area contributed by atoms with Crippen LogP contribution >= 0.6 is 0 Å². The number of alkyl halides is 2. The quantitative estimate of drug-likeness (QED) is 0.571. The van der Waals surface area contributed by atoms with Crippen LogP contribution in [0.25, 0.3) is 0 Å². The Balaban J connectivity index is 1.78. The molecule has 2 fully saturated rings. The fraction of sp³-hybridized carbons (Fsp3) is 0.762. The van der Waals surface area contributed by atoms with Gasteiger partial charge in [0.2, 0.25) is 6.43 Å². The van der Waals surface area contributed by atoms with Gasteiger partial charge in [-0.05, 0) is 56.3 Å². The van der Waals surface area contributed by atoms with E-state index >= 15 is 0 Å². The standard InChI is InChI=1S/C21H26F2O2/c1-3-21(25)9-8-17-15-6-4-12-10-13(24)5-7-14(12)18(15)16(19(22)23)11-20(17,21)2/h1,15-19,25H,4-11H2,2H3/t15-,16-,17-,18+,20-,21-/m0/s1. The van der Waals surface area contributed by atoms with E-state index in [1.54, 1.807) is 0 Å². The van der Waals surface area contributed by atoms with Gasteiger partial charge in [0.25, 0.3) is 0 Å². The van der Waals surface area contributed by atoms with Crippen molar-refractivity contribution in [3.63, 3.8) is 0 Å². The summed E-state index contributed by atoms with van der Waals surface area (Å²) in [6, 6.07) is 0. The van der Waals surface area contributed by atoms with Crippen LogP contribution in [-0.2, 0) is 4.79 Å². The van der Waals surface area contributed by atoms with E-state index in [-0.39, 0.29) is 30.0 Å². The van der Waals surface area contributed by atoms with Crippen molar-refractivity contribution in [3.05, 3.63) is 11.1 Å². The first kappa shape index (κ1) is 17.2. The van der Waals surface area contributed by atoms with Gasteiger partial charge in [-0.25, -0.2) is 8.78 Å². The van der Waals surface area contributed by atoms with Gasteiger partial charge in [0.15, 0.2) is 0 Å². The third-order valence-electron chi connectivity index (χ3n) is 7.96. The molecule has 0 saturated heterocycles. The predicted octanol–water partition coefficient (Wildman–Crippen LogP) is 4.13. The first-order valence-electron chi connectivity index (χ1n) is 9.51. The molecule has 0 aromatic rings. The summed E-state index contributed by atoms with van der Waals surface area (Å²) >= 11 is 0. The van der Waals surface area contributed by atoms with Gasteiger partial charge in [-0.2, -0.15) is 0 Å². The number of halogens is 2. The zero-order chi connectivity index (χ0) is 18.0. The minimum Gasteiger partial charge on any atom is -0.377 e. The fourth-order valence-electron chi connectivity index (χ4n) is 6.73. The molecule has 0 aromatic carbocycles. The molecule has 4 heteroatoms. The summed E-state index contributed by atoms with van der Waals surface area (Å²) in [5, 5.41) is 11.0. The van der Waals surface area contributed by atoms with Crippen molar-refractivity contribution in [3.8, 4) is 12.3 Å². The molecule has 6 atom stereocenters. The SMILES string of the molecule is C#C[C@]1(O)CC[C@H]2[C@@H]3CCC4=C(CCC(=O)C4)[C@H]3[C@@H](C(F)F)C[C@@]21C. The molecule has 0 radical (unpaired) electrons. The third kappa shape index (κ3) is 2.28. The molecule has 0 spiro atoms. The molecule has 4 aliphatic rings. The minimum atomic E-state index is -2.42. The van der Waals surface area contributed by atoms with Crippen molar-refractivity contribution < 1.29 is 18.7 Å². The summed E-state index contributed by atoms with van der Waals surface area (Å²) in [6.07, 6.45) is 8.13. The van der Waals surface area contributed by atoms with Gasteiger partial charge < -0.3 is 5.11 Å². The van der Waals surface area contributed by atoms with E-state index < -0.39 is 23.4 Å². The van der Waals surface area contributed by atoms with Crippen LogP contribution in [-0.4, -0.2) is 22.9 Å². The number of carbonyl (C=O) groups excluding carboxylic acids is 1. The fourth-order valence-corrected chi connectivity index (χ4v) is 6.73. The summed E-state index contributed by atoms with van der Waals surface area (Å²) in [6.45, 7) is 1.93. The summed E-state index contributed by atoms with van der Waals surface area (Å²) in [5.41, 5.74) is 0.385. The number of allylic oxidation sites excluding steroid dienone is 2. The Labute approximate surface area is 148 Å². The Morgan fingerprint density at radius 3 is 2.72 bits per heavy atom. The molecule has 4 aliphatic carbocycles. The normalized spacial score (nSPS) is 46.5. The van der Waals surface area contributed by atoms with E-state index in [9.17, 15) is 18.7 Å². The molecular formula is C21H26F2O2. The zero-order valence-corrected chi connectivity index (χ0v) is 14.7. The highest BCUT2D eigenvalue weighted by Gasteiger charge is 2.64. The molecule has 4 rings (SSSR count). The predicted molar refractivity (Wildman–Crippen MR) is 90.8 cm³/mol. The monoisotopic (exact) mass is 348 g/mol. The van der Waals surface area contributed by atoms with E-state index in [1.807, 2.05) is 6.92 Å². The molecule has 25 heavy (non-hydrogen) atoms. The summed E-state index contributed by atoms with van der Waals surface area (Å²) in [4.78, 5) is 11.8. The van der Waals surface area contributed by atoms with Crippen molar-refractivity contribution in [2.24, 2.45) is 29.1 Å². The lowest BCUT2D eigenvalue weighted by molar-refractivity contribution is -0.125. The second kappa shape index (κ2) is 5.64. The average molecular weight is 348 g/mol. The first-order chi connectivity index (χ1) is 11.8. The summed E-state index contributed by atoms with van der Waals surface area (Å²) in [7, 11) is 0. The number of rotatable bonds is 1. The molecule has 2 saturated carbocycles. The second-order valence-electron chi connectivity index (χ2n) is 8.84. The lowest BCUT2D eigenvalue weighted by Crippen LogP contribution is -2.55. The highest BCUT2D eigenvalue weighted by atomic mass is 19.3. The number of hydrogen-bond acceptors (Lipinski definition) is 2. The maximum absolute atomic E-state index is 14.1. The van der Waals surface area contributed by atoms with E-state index in [4.69, 9.17) is 6.42 Å². The Morgan fingerprint density at radius 1 is 1.28 bits per heavy atom. The molecule has 0 unspecified atom stereocenters. The van der Waals surface area contributed by atoms with E-state index in [0.717, 1.165) is 30.4 Å². The number of hydrogen-bond donors (Lipinski definition) is 1. The topological polar surface area (TPSA) is 37.3 Å². The second-order valence-corrected chi connectivity index (χ2v) is 8.84. The molecule has 0 heterocycles. The molecule has 2 nitrogen and oxygen atoms in total. The first-order valence-corrected chi connectivity index (χ1v) is 9.51. The van der Waals surface area contributed by atoms with Gasteiger partial charge in [0, 0.05) is 24.2 Å². The van der Waals surface area contributed by atoms with Gasteiger partial charge in [0.1, 0.15) is 11.4 Å². The number of ketones is 1. The maximum Gasteiger partial charge on any atom is 0.242 e. The number of carbonyl (C=O) groups is 1. The lowest BCUT2D eigenvalue weighted by atomic mass is 9.49. The zero-order valence-electron chi connectivity index (χ0n) is 14.7. The van der Waals surface area contributed by atoms with Crippen molar-refractivity contribution in [1.29, 1.82) is 0 Å². The lowest BCUT2D eigenvalue weighted by Gasteiger charge is -2.56. The maximum atomic E-state index is 14.1. The number of terminal acetylenes is 1. The van der Waals surface area contributed by atoms with Gasteiger partial charge in [-0.3, -0.25) is 4.79 Å². The molecule has 0 amide bonds. The Hall–Kier alpha value is -1.21. The van der Waals surface area contributed by atoms with Crippen molar-refractivity contribution in [2.45, 2.75) is 70.3 Å². The van der Waals surface area contributed by atoms with E-state index in [1.165, 1.54) is 0 Å². The van der Waals surface area contributed by atoms with Crippen LogP contribution in [0.2, 0.25) is 0 Å². The molecule has 136 valence electrons. The van der Waals surface area contributed by atoms with Crippen LogP contribution in [0, 0.1) is 41.4 Å². The van der Waals surface area contributed by atoms with Crippen LogP contribution in [0.5, 0.6) is 0 Å². The number of aliphatic hydroxyl groups is 1. The average Bonchev–Trinajstić information content (AvgIpc) is 2.85. The highest BCUT2D eigenvalue weighted by molar-refractivity contribution is 5.82. The summed E-state index contributed by atoms with van der Waals surface area (Å²) < 4.78 is 28.2. The highest BCUT2D eigenvalue weighted by Crippen LogP contribution is 2.66. The van der Waals surface area contributed by atoms with Crippen LogP contribution in [0.1, 0.15) is 58.3 Å². The molecular weight excluding hydrogens is 322 g/mol. The number of Topliss-reactive ketones (excluding diaryl/α,β-unsaturated/α-hetero) is 1. The van der Waals surface area contributed by atoms with Gasteiger partial charge in [0.05, 0.1) is 0 Å².